The minimum absolute atomic E-state index is 0.0856. The number of aromatic nitrogens is 1. The SMILES string of the molecule is Cc1ccc(C/C=C/CO)c(-c2nc3ccccc3s2)c1. The Labute approximate surface area is 128 Å². The zero-order valence-corrected chi connectivity index (χ0v) is 12.7. The summed E-state index contributed by atoms with van der Waals surface area (Å²) >= 11 is 1.73. The van der Waals surface area contributed by atoms with E-state index in [4.69, 9.17) is 10.1 Å². The average molecular weight is 295 g/mol. The first-order chi connectivity index (χ1) is 10.3. The topological polar surface area (TPSA) is 33.1 Å². The largest absolute Gasteiger partial charge is 0.392 e. The van der Waals surface area contributed by atoms with Crippen molar-refractivity contribution < 1.29 is 5.11 Å². The molecule has 0 radical (unpaired) electrons. The van der Waals surface area contributed by atoms with Crippen molar-refractivity contribution in [2.75, 3.05) is 6.61 Å². The highest BCUT2D eigenvalue weighted by Crippen LogP contribution is 2.33. The standard InChI is InChI=1S/C18H17NOS/c1-13-9-10-14(6-4-5-11-20)15(12-13)18-19-16-7-2-3-8-17(16)21-18/h2-5,7-10,12,20H,6,11H2,1H3/b5-4+. The number of para-hydroxylation sites is 1. The van der Waals surface area contributed by atoms with Crippen LogP contribution in [0.5, 0.6) is 0 Å². The number of aliphatic hydroxyl groups excluding tert-OH is 1. The lowest BCUT2D eigenvalue weighted by Crippen LogP contribution is -1.89. The molecule has 2 nitrogen and oxygen atoms in total. The normalized spacial score (nSPS) is 11.5. The van der Waals surface area contributed by atoms with Crippen LogP contribution in [0.1, 0.15) is 11.1 Å². The number of hydrogen-bond acceptors (Lipinski definition) is 3. The number of fused-ring (bicyclic) bond motifs is 1. The van der Waals surface area contributed by atoms with Gasteiger partial charge in [-0.15, -0.1) is 11.3 Å². The molecule has 0 unspecified atom stereocenters. The van der Waals surface area contributed by atoms with E-state index in [9.17, 15) is 0 Å². The maximum Gasteiger partial charge on any atom is 0.124 e. The summed E-state index contributed by atoms with van der Waals surface area (Å²) in [5.74, 6) is 0. The van der Waals surface area contributed by atoms with Gasteiger partial charge in [-0.05, 0) is 37.1 Å². The number of rotatable bonds is 4. The van der Waals surface area contributed by atoms with Crippen molar-refractivity contribution in [2.24, 2.45) is 0 Å². The van der Waals surface area contributed by atoms with Crippen molar-refractivity contribution in [2.45, 2.75) is 13.3 Å². The van der Waals surface area contributed by atoms with Gasteiger partial charge in [-0.1, -0.05) is 42.0 Å². The number of nitrogens with zero attached hydrogens (tertiary/aromatic N) is 1. The van der Waals surface area contributed by atoms with E-state index in [-0.39, 0.29) is 6.61 Å². The lowest BCUT2D eigenvalue weighted by atomic mass is 10.0. The highest BCUT2D eigenvalue weighted by atomic mass is 32.1. The quantitative estimate of drug-likeness (QED) is 0.725. The molecule has 0 aliphatic rings. The molecule has 0 spiro atoms. The Bertz CT molecular complexity index is 756. The molecule has 21 heavy (non-hydrogen) atoms. The lowest BCUT2D eigenvalue weighted by molar-refractivity contribution is 0.342. The number of benzene rings is 2. The summed E-state index contributed by atoms with van der Waals surface area (Å²) in [7, 11) is 0. The van der Waals surface area contributed by atoms with Crippen LogP contribution in [0.2, 0.25) is 0 Å². The zero-order valence-electron chi connectivity index (χ0n) is 11.9. The van der Waals surface area contributed by atoms with Gasteiger partial charge in [0.05, 0.1) is 16.8 Å². The third-order valence-electron chi connectivity index (χ3n) is 3.40. The summed E-state index contributed by atoms with van der Waals surface area (Å²) in [4.78, 5) is 4.76. The Morgan fingerprint density at radius 1 is 1.14 bits per heavy atom. The van der Waals surface area contributed by atoms with Gasteiger partial charge in [0, 0.05) is 5.56 Å². The third-order valence-corrected chi connectivity index (χ3v) is 4.47. The first kappa shape index (κ1) is 14.0. The molecule has 0 aliphatic heterocycles. The van der Waals surface area contributed by atoms with Gasteiger partial charge in [-0.25, -0.2) is 4.98 Å². The second-order valence-corrected chi connectivity index (χ2v) is 6.04. The fourth-order valence-electron chi connectivity index (χ4n) is 2.34. The molecular formula is C18H17NOS. The number of aliphatic hydroxyl groups is 1. The monoisotopic (exact) mass is 295 g/mol. The molecule has 0 atom stereocenters. The Kier molecular flexibility index (Phi) is 4.13. The van der Waals surface area contributed by atoms with Crippen molar-refractivity contribution in [1.82, 2.24) is 4.98 Å². The molecule has 3 heteroatoms. The minimum Gasteiger partial charge on any atom is -0.392 e. The molecular weight excluding hydrogens is 278 g/mol. The molecule has 0 fully saturated rings. The van der Waals surface area contributed by atoms with Crippen LogP contribution in [-0.4, -0.2) is 16.7 Å². The van der Waals surface area contributed by atoms with Crippen LogP contribution in [0.3, 0.4) is 0 Å². The number of thiazole rings is 1. The number of aryl methyl sites for hydroxylation is 1. The Hall–Kier alpha value is -1.97. The van der Waals surface area contributed by atoms with Gasteiger partial charge in [0.15, 0.2) is 0 Å². The Balaban J connectivity index is 2.06. The maximum absolute atomic E-state index is 8.87. The summed E-state index contributed by atoms with van der Waals surface area (Å²) in [5, 5.41) is 9.94. The first-order valence-electron chi connectivity index (χ1n) is 6.99. The number of hydrogen-bond donors (Lipinski definition) is 1. The summed E-state index contributed by atoms with van der Waals surface area (Å²) in [6, 6.07) is 14.7. The van der Waals surface area contributed by atoms with E-state index in [1.54, 1.807) is 17.4 Å². The van der Waals surface area contributed by atoms with Gasteiger partial charge in [0.1, 0.15) is 5.01 Å². The fraction of sp³-hybridized carbons (Fsp3) is 0.167. The van der Waals surface area contributed by atoms with E-state index in [2.05, 4.69) is 37.3 Å². The summed E-state index contributed by atoms with van der Waals surface area (Å²) in [6.45, 7) is 2.19. The van der Waals surface area contributed by atoms with Crippen LogP contribution >= 0.6 is 11.3 Å². The van der Waals surface area contributed by atoms with Crippen molar-refractivity contribution in [3.63, 3.8) is 0 Å². The second kappa shape index (κ2) is 6.20. The van der Waals surface area contributed by atoms with Crippen molar-refractivity contribution in [1.29, 1.82) is 0 Å². The van der Waals surface area contributed by atoms with E-state index in [0.717, 1.165) is 16.9 Å². The highest BCUT2D eigenvalue weighted by Gasteiger charge is 2.10. The minimum atomic E-state index is 0.0856. The van der Waals surface area contributed by atoms with Gasteiger partial charge >= 0.3 is 0 Å². The van der Waals surface area contributed by atoms with E-state index in [0.29, 0.717) is 0 Å². The van der Waals surface area contributed by atoms with Gasteiger partial charge in [0.2, 0.25) is 0 Å². The predicted molar refractivity (Wildman–Crippen MR) is 89.7 cm³/mol. The summed E-state index contributed by atoms with van der Waals surface area (Å²) < 4.78 is 1.21. The lowest BCUT2D eigenvalue weighted by Gasteiger charge is -2.06. The fourth-order valence-corrected chi connectivity index (χ4v) is 3.36. The van der Waals surface area contributed by atoms with Gasteiger partial charge in [-0.3, -0.25) is 0 Å². The van der Waals surface area contributed by atoms with Crippen molar-refractivity contribution in [3.8, 4) is 10.6 Å². The smallest absolute Gasteiger partial charge is 0.124 e. The maximum atomic E-state index is 8.87. The van der Waals surface area contributed by atoms with Crippen molar-refractivity contribution in [3.05, 3.63) is 65.7 Å². The zero-order chi connectivity index (χ0) is 14.7. The van der Waals surface area contributed by atoms with Gasteiger partial charge in [0.25, 0.3) is 0 Å². The average Bonchev–Trinajstić information content (AvgIpc) is 2.92. The van der Waals surface area contributed by atoms with Gasteiger partial charge < -0.3 is 5.11 Å². The molecule has 3 aromatic rings. The van der Waals surface area contributed by atoms with Crippen molar-refractivity contribution >= 4 is 21.6 Å². The molecule has 0 aliphatic carbocycles. The van der Waals surface area contributed by atoms with Crippen LogP contribution in [-0.2, 0) is 6.42 Å². The van der Waals surface area contributed by atoms with Crippen LogP contribution in [0.25, 0.3) is 20.8 Å². The molecule has 0 saturated carbocycles. The predicted octanol–water partition coefficient (Wildman–Crippen LogP) is 4.36. The van der Waals surface area contributed by atoms with E-state index >= 15 is 0 Å². The summed E-state index contributed by atoms with van der Waals surface area (Å²) in [5.41, 5.74) is 4.72. The van der Waals surface area contributed by atoms with Crippen LogP contribution in [0, 0.1) is 6.92 Å². The third kappa shape index (κ3) is 3.04. The van der Waals surface area contributed by atoms with E-state index < -0.39 is 0 Å². The van der Waals surface area contributed by atoms with E-state index in [1.807, 2.05) is 18.2 Å². The molecule has 2 aromatic carbocycles. The Morgan fingerprint density at radius 2 is 2.00 bits per heavy atom. The molecule has 3 rings (SSSR count). The molecule has 0 saturated heterocycles. The molecule has 1 heterocycles. The molecule has 0 bridgehead atoms. The molecule has 1 N–H and O–H groups in total. The van der Waals surface area contributed by atoms with E-state index in [1.165, 1.54) is 21.4 Å². The Morgan fingerprint density at radius 3 is 2.81 bits per heavy atom. The second-order valence-electron chi connectivity index (χ2n) is 5.01. The van der Waals surface area contributed by atoms with Crippen LogP contribution < -0.4 is 0 Å². The van der Waals surface area contributed by atoms with Gasteiger partial charge in [-0.2, -0.15) is 0 Å². The van der Waals surface area contributed by atoms with Crippen LogP contribution in [0.4, 0.5) is 0 Å². The molecule has 106 valence electrons. The molecule has 1 aromatic heterocycles. The molecule has 0 amide bonds. The summed E-state index contributed by atoms with van der Waals surface area (Å²) in [6.07, 6.45) is 4.59. The first-order valence-corrected chi connectivity index (χ1v) is 7.81. The highest BCUT2D eigenvalue weighted by molar-refractivity contribution is 7.21. The number of allylic oxidation sites excluding steroid dienone is 1. The van der Waals surface area contributed by atoms with Crippen LogP contribution in [0.15, 0.2) is 54.6 Å².